The fraction of sp³-hybridized carbons (Fsp3) is 0.600. The summed E-state index contributed by atoms with van der Waals surface area (Å²) in [6.45, 7) is 3.32. The Bertz CT molecular complexity index is 574. The summed E-state index contributed by atoms with van der Waals surface area (Å²) in [5.74, 6) is 3.14. The zero-order valence-electron chi connectivity index (χ0n) is 12.4. The minimum Gasteiger partial charge on any atom is -0.341 e. The molecule has 2 aliphatic rings. The summed E-state index contributed by atoms with van der Waals surface area (Å²) >= 11 is 1.92. The quantitative estimate of drug-likeness (QED) is 0.814. The van der Waals surface area contributed by atoms with Crippen LogP contribution in [0.1, 0.15) is 18.5 Å². The lowest BCUT2D eigenvalue weighted by molar-refractivity contribution is -0.135. The molecule has 0 radical (unpaired) electrons. The molecule has 3 heterocycles. The number of carbonyl (C=O) groups excluding carboxylic acids is 1. The minimum atomic E-state index is 0.124. The van der Waals surface area contributed by atoms with E-state index in [2.05, 4.69) is 14.9 Å². The number of carbonyl (C=O) groups is 1. The third kappa shape index (κ3) is 3.33. The van der Waals surface area contributed by atoms with Gasteiger partial charge in [-0.1, -0.05) is 0 Å². The molecule has 2 saturated heterocycles. The molecule has 1 aromatic rings. The molecular formula is C15H19N5OS. The first-order valence-electron chi connectivity index (χ1n) is 7.62. The van der Waals surface area contributed by atoms with E-state index in [1.807, 2.05) is 22.7 Å². The topological polar surface area (TPSA) is 73.1 Å². The number of rotatable bonds is 2. The maximum atomic E-state index is 12.5. The lowest BCUT2D eigenvalue weighted by atomic mass is 9.95. The van der Waals surface area contributed by atoms with E-state index in [9.17, 15) is 4.79 Å². The number of piperidine rings is 1. The van der Waals surface area contributed by atoms with E-state index in [0.29, 0.717) is 17.5 Å². The molecule has 2 fully saturated rings. The molecule has 0 N–H and O–H groups in total. The predicted octanol–water partition coefficient (Wildman–Crippen LogP) is 1.14. The monoisotopic (exact) mass is 317 g/mol. The van der Waals surface area contributed by atoms with Crippen LogP contribution < -0.4 is 4.90 Å². The lowest BCUT2D eigenvalue weighted by Gasteiger charge is -2.35. The van der Waals surface area contributed by atoms with E-state index >= 15 is 0 Å². The van der Waals surface area contributed by atoms with Crippen molar-refractivity contribution in [2.45, 2.75) is 12.8 Å². The molecule has 0 bridgehead atoms. The second-order valence-electron chi connectivity index (χ2n) is 5.55. The third-order valence-electron chi connectivity index (χ3n) is 4.21. The average Bonchev–Trinajstić information content (AvgIpc) is 2.62. The van der Waals surface area contributed by atoms with Crippen molar-refractivity contribution in [2.75, 3.05) is 42.6 Å². The van der Waals surface area contributed by atoms with Crippen LogP contribution in [0.25, 0.3) is 0 Å². The molecule has 3 rings (SSSR count). The largest absolute Gasteiger partial charge is 0.341 e. The molecule has 2 aliphatic heterocycles. The van der Waals surface area contributed by atoms with Gasteiger partial charge in [-0.05, 0) is 18.9 Å². The van der Waals surface area contributed by atoms with Gasteiger partial charge in [-0.2, -0.15) is 17.0 Å². The van der Waals surface area contributed by atoms with Crippen molar-refractivity contribution in [3.05, 3.63) is 18.0 Å². The molecule has 0 aromatic carbocycles. The molecule has 6 nitrogen and oxygen atoms in total. The maximum absolute atomic E-state index is 12.5. The number of nitriles is 1. The Morgan fingerprint density at radius 2 is 2.00 bits per heavy atom. The highest BCUT2D eigenvalue weighted by Gasteiger charge is 2.30. The highest BCUT2D eigenvalue weighted by molar-refractivity contribution is 7.99. The van der Waals surface area contributed by atoms with Gasteiger partial charge in [-0.15, -0.1) is 0 Å². The number of amides is 1. The Morgan fingerprint density at radius 3 is 2.68 bits per heavy atom. The second kappa shape index (κ2) is 6.97. The smallest absolute Gasteiger partial charge is 0.226 e. The maximum Gasteiger partial charge on any atom is 0.226 e. The van der Waals surface area contributed by atoms with E-state index in [0.717, 1.165) is 50.5 Å². The molecule has 0 spiro atoms. The van der Waals surface area contributed by atoms with Gasteiger partial charge >= 0.3 is 0 Å². The molecule has 116 valence electrons. The standard InChI is InChI=1S/C15H19N5OS/c16-11-13-1-4-17-15(18-13)20-5-2-12(3-6-20)14(21)19-7-9-22-10-8-19/h1,4,12H,2-3,5-10H2. The van der Waals surface area contributed by atoms with Gasteiger partial charge in [0, 0.05) is 49.8 Å². The highest BCUT2D eigenvalue weighted by atomic mass is 32.2. The Hall–Kier alpha value is -1.81. The fourth-order valence-electron chi connectivity index (χ4n) is 2.93. The van der Waals surface area contributed by atoms with Gasteiger partial charge in [0.15, 0.2) is 0 Å². The zero-order valence-corrected chi connectivity index (χ0v) is 13.3. The molecule has 7 heteroatoms. The van der Waals surface area contributed by atoms with Gasteiger partial charge < -0.3 is 9.80 Å². The number of nitrogens with zero attached hydrogens (tertiary/aromatic N) is 5. The first kappa shape index (κ1) is 15.1. The molecule has 0 atom stereocenters. The molecule has 0 unspecified atom stereocenters. The minimum absolute atomic E-state index is 0.124. The van der Waals surface area contributed by atoms with Crippen LogP contribution >= 0.6 is 11.8 Å². The molecule has 22 heavy (non-hydrogen) atoms. The van der Waals surface area contributed by atoms with E-state index in [1.165, 1.54) is 0 Å². The van der Waals surface area contributed by atoms with Crippen molar-refractivity contribution in [3.63, 3.8) is 0 Å². The number of anilines is 1. The summed E-state index contributed by atoms with van der Waals surface area (Å²) in [6.07, 6.45) is 3.29. The normalized spacial score (nSPS) is 19.8. The Kier molecular flexibility index (Phi) is 4.78. The van der Waals surface area contributed by atoms with Gasteiger partial charge in [-0.3, -0.25) is 4.79 Å². The van der Waals surface area contributed by atoms with Crippen molar-refractivity contribution < 1.29 is 4.79 Å². The van der Waals surface area contributed by atoms with Gasteiger partial charge in [0.1, 0.15) is 11.8 Å². The van der Waals surface area contributed by atoms with E-state index in [-0.39, 0.29) is 5.92 Å². The molecule has 1 aromatic heterocycles. The first-order chi connectivity index (χ1) is 10.8. The SMILES string of the molecule is N#Cc1ccnc(N2CCC(C(=O)N3CCSCC3)CC2)n1. The van der Waals surface area contributed by atoms with Gasteiger partial charge in [-0.25, -0.2) is 9.97 Å². The van der Waals surface area contributed by atoms with Crippen LogP contribution in [0.4, 0.5) is 5.95 Å². The number of thioether (sulfide) groups is 1. The molecule has 0 aliphatic carbocycles. The second-order valence-corrected chi connectivity index (χ2v) is 6.78. The predicted molar refractivity (Wildman–Crippen MR) is 85.6 cm³/mol. The van der Waals surface area contributed by atoms with Crippen LogP contribution in [0.2, 0.25) is 0 Å². The van der Waals surface area contributed by atoms with Crippen LogP contribution in [0.15, 0.2) is 12.3 Å². The average molecular weight is 317 g/mol. The summed E-state index contributed by atoms with van der Waals surface area (Å²) in [5.41, 5.74) is 0.383. The van der Waals surface area contributed by atoms with E-state index < -0.39 is 0 Å². The van der Waals surface area contributed by atoms with Crippen molar-refractivity contribution in [1.29, 1.82) is 5.26 Å². The van der Waals surface area contributed by atoms with Crippen molar-refractivity contribution >= 4 is 23.6 Å². The van der Waals surface area contributed by atoms with Crippen molar-refractivity contribution in [3.8, 4) is 6.07 Å². The Morgan fingerprint density at radius 1 is 1.27 bits per heavy atom. The van der Waals surface area contributed by atoms with Gasteiger partial charge in [0.25, 0.3) is 0 Å². The molecule has 0 saturated carbocycles. The summed E-state index contributed by atoms with van der Waals surface area (Å²) in [7, 11) is 0. The summed E-state index contributed by atoms with van der Waals surface area (Å²) in [6, 6.07) is 3.64. The Labute approximate surface area is 134 Å². The van der Waals surface area contributed by atoms with E-state index in [1.54, 1.807) is 12.3 Å². The first-order valence-corrected chi connectivity index (χ1v) is 8.78. The van der Waals surface area contributed by atoms with Gasteiger partial charge in [0.05, 0.1) is 0 Å². The van der Waals surface area contributed by atoms with Gasteiger partial charge in [0.2, 0.25) is 11.9 Å². The zero-order chi connectivity index (χ0) is 15.4. The van der Waals surface area contributed by atoms with E-state index in [4.69, 9.17) is 5.26 Å². The number of hydrogen-bond donors (Lipinski definition) is 0. The summed E-state index contributed by atoms with van der Waals surface area (Å²) < 4.78 is 0. The van der Waals surface area contributed by atoms with Crippen LogP contribution in [0, 0.1) is 17.2 Å². The summed E-state index contributed by atoms with van der Waals surface area (Å²) in [4.78, 5) is 25.1. The summed E-state index contributed by atoms with van der Waals surface area (Å²) in [5, 5.41) is 8.91. The van der Waals surface area contributed by atoms with Crippen LogP contribution in [-0.2, 0) is 4.79 Å². The third-order valence-corrected chi connectivity index (χ3v) is 5.15. The number of hydrogen-bond acceptors (Lipinski definition) is 6. The Balaban J connectivity index is 1.57. The number of aromatic nitrogens is 2. The van der Waals surface area contributed by atoms with Crippen molar-refractivity contribution in [1.82, 2.24) is 14.9 Å². The van der Waals surface area contributed by atoms with Crippen molar-refractivity contribution in [2.24, 2.45) is 5.92 Å². The molecular weight excluding hydrogens is 298 g/mol. The van der Waals surface area contributed by atoms with Crippen LogP contribution in [-0.4, -0.2) is 58.5 Å². The fourth-order valence-corrected chi connectivity index (χ4v) is 3.83. The lowest BCUT2D eigenvalue weighted by Crippen LogP contribution is -2.45. The van der Waals surface area contributed by atoms with Crippen LogP contribution in [0.5, 0.6) is 0 Å². The van der Waals surface area contributed by atoms with Crippen LogP contribution in [0.3, 0.4) is 0 Å². The highest BCUT2D eigenvalue weighted by Crippen LogP contribution is 2.23. The molecule has 1 amide bonds.